The van der Waals surface area contributed by atoms with Crippen molar-refractivity contribution in [2.24, 2.45) is 0 Å². The molecule has 1 aliphatic heterocycles. The van der Waals surface area contributed by atoms with Gasteiger partial charge in [0.1, 0.15) is 5.60 Å². The monoisotopic (exact) mass is 384 g/mol. The second-order valence-corrected chi connectivity index (χ2v) is 8.47. The Hall–Kier alpha value is -1.59. The Kier molecular flexibility index (Phi) is 6.58. The molecule has 2 aromatic rings. The number of hydrogen-bond acceptors (Lipinski definition) is 7. The van der Waals surface area contributed by atoms with Gasteiger partial charge in [-0.15, -0.1) is 11.3 Å². The zero-order chi connectivity index (χ0) is 19.1. The van der Waals surface area contributed by atoms with Crippen molar-refractivity contribution in [1.82, 2.24) is 9.88 Å². The number of rotatable bonds is 2. The molecule has 0 aliphatic carbocycles. The minimum Gasteiger partial charge on any atom is -0.545 e. The van der Waals surface area contributed by atoms with Crippen LogP contribution in [0, 0.1) is 0 Å². The number of nitrogens with zero attached hydrogens (tertiary/aromatic N) is 2. The van der Waals surface area contributed by atoms with E-state index in [1.165, 1.54) is 28.4 Å². The van der Waals surface area contributed by atoms with Gasteiger partial charge in [-0.3, -0.25) is 0 Å². The van der Waals surface area contributed by atoms with Gasteiger partial charge in [-0.05, 0) is 44.9 Å². The minimum absolute atomic E-state index is 0. The van der Waals surface area contributed by atoms with Gasteiger partial charge in [0.15, 0.2) is 0 Å². The summed E-state index contributed by atoms with van der Waals surface area (Å²) in [6, 6.07) is 4.64. The van der Waals surface area contributed by atoms with Crippen LogP contribution in [-0.4, -0.2) is 51.8 Å². The van der Waals surface area contributed by atoms with Crippen molar-refractivity contribution in [2.45, 2.75) is 44.8 Å². The summed E-state index contributed by atoms with van der Waals surface area (Å²) in [5.74, 6) is -1.43. The van der Waals surface area contributed by atoms with Crippen LogP contribution in [0.2, 0.25) is 0 Å². The average Bonchev–Trinajstić information content (AvgIpc) is 2.95. The molecule has 2 heterocycles. The molecule has 1 aromatic heterocycles. The van der Waals surface area contributed by atoms with Crippen LogP contribution in [0.25, 0.3) is 10.2 Å². The number of β-amino-alcohol motifs (C(OH)–C–C–N with tert-alkyl or cyclic N) is 1. The van der Waals surface area contributed by atoms with E-state index in [0.717, 1.165) is 9.71 Å². The van der Waals surface area contributed by atoms with Crippen LogP contribution in [0.4, 0.5) is 4.79 Å². The van der Waals surface area contributed by atoms with Crippen LogP contribution in [0.15, 0.2) is 18.2 Å². The molecule has 0 spiro atoms. The summed E-state index contributed by atoms with van der Waals surface area (Å²) >= 11 is 1.36. The number of fused-ring (bicyclic) bond motifs is 1. The molecular formula is C18H21LiN2O5S. The minimum atomic E-state index is -1.23. The number of carbonyl (C=O) groups is 2. The van der Waals surface area contributed by atoms with Crippen LogP contribution in [0.1, 0.15) is 48.5 Å². The van der Waals surface area contributed by atoms with E-state index in [-0.39, 0.29) is 36.9 Å². The number of amides is 1. The quantitative estimate of drug-likeness (QED) is 0.649. The van der Waals surface area contributed by atoms with Crippen molar-refractivity contribution in [1.29, 1.82) is 0 Å². The third kappa shape index (κ3) is 5.02. The fourth-order valence-electron chi connectivity index (χ4n) is 2.94. The summed E-state index contributed by atoms with van der Waals surface area (Å²) in [4.78, 5) is 29.2. The summed E-state index contributed by atoms with van der Waals surface area (Å²) in [5, 5.41) is 22.3. The van der Waals surface area contributed by atoms with Crippen molar-refractivity contribution in [3.63, 3.8) is 0 Å². The summed E-state index contributed by atoms with van der Waals surface area (Å²) in [7, 11) is 0. The first-order valence-electron chi connectivity index (χ1n) is 8.42. The molecule has 1 amide bonds. The van der Waals surface area contributed by atoms with Gasteiger partial charge in [0.2, 0.25) is 0 Å². The fraction of sp³-hybridized carbons (Fsp3) is 0.500. The second-order valence-electron chi connectivity index (χ2n) is 7.41. The first-order valence-corrected chi connectivity index (χ1v) is 9.23. The predicted octanol–water partition coefficient (Wildman–Crippen LogP) is -1.25. The van der Waals surface area contributed by atoms with Gasteiger partial charge in [0.25, 0.3) is 0 Å². The first kappa shape index (κ1) is 21.7. The largest absolute Gasteiger partial charge is 1.00 e. The number of aliphatic hydroxyl groups excluding tert-OH is 1. The molecule has 140 valence electrons. The van der Waals surface area contributed by atoms with Gasteiger partial charge < -0.3 is 24.6 Å². The molecule has 3 rings (SSSR count). The molecule has 7 nitrogen and oxygen atoms in total. The van der Waals surface area contributed by atoms with Gasteiger partial charge in [0.05, 0.1) is 33.8 Å². The Morgan fingerprint density at radius 2 is 2.07 bits per heavy atom. The molecule has 1 fully saturated rings. The number of carboxylic acids is 1. The standard InChI is InChI=1S/C18H22N2O5S.Li/c1-18(2,3)25-17(24)20-7-6-11(13(21)9-20)15-19-12-5-4-10(16(22)23)8-14(12)26-15;/h4-5,8,11,13,21H,6-7,9H2,1-3H3,(H,22,23);/q;+1/p-1/t11-,13-;/m1./s1. The molecule has 1 aliphatic rings. The van der Waals surface area contributed by atoms with Crippen LogP contribution >= 0.6 is 11.3 Å². The Morgan fingerprint density at radius 1 is 1.37 bits per heavy atom. The molecule has 27 heavy (non-hydrogen) atoms. The van der Waals surface area contributed by atoms with E-state index in [1.807, 2.05) is 0 Å². The number of benzene rings is 1. The maximum absolute atomic E-state index is 12.2. The van der Waals surface area contributed by atoms with Crippen LogP contribution < -0.4 is 24.0 Å². The van der Waals surface area contributed by atoms with Gasteiger partial charge >= 0.3 is 25.0 Å². The van der Waals surface area contributed by atoms with Gasteiger partial charge in [-0.25, -0.2) is 9.78 Å². The molecule has 1 aromatic carbocycles. The van der Waals surface area contributed by atoms with E-state index in [1.54, 1.807) is 26.8 Å². The molecule has 1 saturated heterocycles. The molecule has 1 N–H and O–H groups in total. The summed E-state index contributed by atoms with van der Waals surface area (Å²) in [5.41, 5.74) is 0.215. The summed E-state index contributed by atoms with van der Waals surface area (Å²) in [6.07, 6.45) is -0.622. The predicted molar refractivity (Wildman–Crippen MR) is 95.1 cm³/mol. The zero-order valence-corrected chi connectivity index (χ0v) is 16.7. The number of aliphatic hydroxyl groups is 1. The molecule has 2 atom stereocenters. The van der Waals surface area contributed by atoms with Crippen molar-refractivity contribution in [3.8, 4) is 0 Å². The number of carbonyl (C=O) groups excluding carboxylic acids is 2. The number of thiazole rings is 1. The van der Waals surface area contributed by atoms with Crippen LogP contribution in [0.5, 0.6) is 0 Å². The Labute approximate surface area is 173 Å². The third-order valence-electron chi connectivity index (χ3n) is 4.19. The van der Waals surface area contributed by atoms with Crippen molar-refractivity contribution >= 4 is 33.6 Å². The smallest absolute Gasteiger partial charge is 0.545 e. The van der Waals surface area contributed by atoms with E-state index >= 15 is 0 Å². The van der Waals surface area contributed by atoms with Crippen molar-refractivity contribution in [3.05, 3.63) is 28.8 Å². The SMILES string of the molecule is CC(C)(C)OC(=O)N1CC[C@@H](c2nc3ccc(C(=O)[O-])cc3s2)[C@H](O)C1.[Li+]. The second kappa shape index (κ2) is 8.19. The number of aromatic nitrogens is 1. The topological polar surface area (TPSA) is 103 Å². The Morgan fingerprint density at radius 3 is 2.67 bits per heavy atom. The Bertz CT molecular complexity index is 848. The van der Waals surface area contributed by atoms with Crippen molar-refractivity contribution < 1.29 is 43.4 Å². The van der Waals surface area contributed by atoms with E-state index < -0.39 is 23.8 Å². The van der Waals surface area contributed by atoms with E-state index in [2.05, 4.69) is 4.98 Å². The third-order valence-corrected chi connectivity index (χ3v) is 5.34. The number of ether oxygens (including phenoxy) is 1. The van der Waals surface area contributed by atoms with E-state index in [0.29, 0.717) is 18.5 Å². The zero-order valence-electron chi connectivity index (χ0n) is 15.9. The first-order chi connectivity index (χ1) is 12.1. The van der Waals surface area contributed by atoms with Crippen LogP contribution in [0.3, 0.4) is 0 Å². The number of carboxylic acid groups (broad SMARTS) is 1. The maximum atomic E-state index is 12.2. The molecule has 0 saturated carbocycles. The van der Waals surface area contributed by atoms with E-state index in [9.17, 15) is 19.8 Å². The number of likely N-dealkylation sites (tertiary alicyclic amines) is 1. The van der Waals surface area contributed by atoms with E-state index in [4.69, 9.17) is 4.74 Å². The normalized spacial score (nSPS) is 20.2. The molecular weight excluding hydrogens is 363 g/mol. The summed E-state index contributed by atoms with van der Waals surface area (Å²) in [6.45, 7) is 6.05. The van der Waals surface area contributed by atoms with Crippen LogP contribution in [-0.2, 0) is 4.74 Å². The van der Waals surface area contributed by atoms with Crippen molar-refractivity contribution in [2.75, 3.05) is 13.1 Å². The average molecular weight is 384 g/mol. The molecule has 0 bridgehead atoms. The number of aromatic carboxylic acids is 1. The van der Waals surface area contributed by atoms with Gasteiger partial charge in [-0.1, -0.05) is 6.07 Å². The molecule has 9 heteroatoms. The molecule has 0 unspecified atom stereocenters. The van der Waals surface area contributed by atoms with Gasteiger partial charge in [0, 0.05) is 12.5 Å². The Balaban J connectivity index is 0.00000261. The number of piperidine rings is 1. The fourth-order valence-corrected chi connectivity index (χ4v) is 4.14. The maximum Gasteiger partial charge on any atom is 1.00 e. The number of hydrogen-bond donors (Lipinski definition) is 1. The summed E-state index contributed by atoms with van der Waals surface area (Å²) < 4.78 is 6.09. The van der Waals surface area contributed by atoms with Gasteiger partial charge in [-0.2, -0.15) is 0 Å². The molecule has 0 radical (unpaired) electrons.